The molecule has 2 aromatic rings. The van der Waals surface area contributed by atoms with Crippen LogP contribution in [-0.2, 0) is 6.54 Å². The normalized spacial score (nSPS) is 14.4. The van der Waals surface area contributed by atoms with Gasteiger partial charge >= 0.3 is 0 Å². The lowest BCUT2D eigenvalue weighted by Gasteiger charge is -2.25. The number of anilines is 2. The Morgan fingerprint density at radius 1 is 1.19 bits per heavy atom. The van der Waals surface area contributed by atoms with Gasteiger partial charge in [-0.2, -0.15) is 0 Å². The molecular formula is C15H14ClN3O2. The number of nitro benzene ring substituents is 1. The first-order valence-corrected chi connectivity index (χ1v) is 7.05. The molecule has 5 nitrogen and oxygen atoms in total. The fourth-order valence-corrected chi connectivity index (χ4v) is 2.88. The van der Waals surface area contributed by atoms with Crippen LogP contribution in [0.1, 0.15) is 5.56 Å². The van der Waals surface area contributed by atoms with Gasteiger partial charge in [0.1, 0.15) is 5.69 Å². The van der Waals surface area contributed by atoms with Crippen molar-refractivity contribution < 1.29 is 4.92 Å². The molecule has 3 rings (SSSR count). The number of nitro groups is 1. The number of fused-ring (bicyclic) bond motifs is 1. The molecule has 1 N–H and O–H groups in total. The van der Waals surface area contributed by atoms with Gasteiger partial charge in [-0.1, -0.05) is 35.9 Å². The average Bonchev–Trinajstić information content (AvgIpc) is 2.69. The number of rotatable bonds is 2. The van der Waals surface area contributed by atoms with Gasteiger partial charge in [0.15, 0.2) is 0 Å². The lowest BCUT2D eigenvalue weighted by atomic mass is 10.1. The molecule has 0 radical (unpaired) electrons. The van der Waals surface area contributed by atoms with Crippen LogP contribution in [0, 0.1) is 10.1 Å². The molecule has 108 valence electrons. The molecule has 0 aromatic heterocycles. The predicted octanol–water partition coefficient (Wildman–Crippen LogP) is 3.49. The second-order valence-corrected chi connectivity index (χ2v) is 5.23. The molecule has 0 saturated heterocycles. The monoisotopic (exact) mass is 303 g/mol. The Labute approximate surface area is 127 Å². The molecule has 0 fully saturated rings. The highest BCUT2D eigenvalue weighted by Crippen LogP contribution is 2.40. The minimum Gasteiger partial charge on any atom is -0.333 e. The fourth-order valence-electron chi connectivity index (χ4n) is 2.61. The Balaban J connectivity index is 2.19. The Hall–Kier alpha value is -2.11. The fraction of sp³-hybridized carbons (Fsp3) is 0.200. The number of halogens is 1. The van der Waals surface area contributed by atoms with Crippen molar-refractivity contribution in [2.24, 2.45) is 0 Å². The summed E-state index contributed by atoms with van der Waals surface area (Å²) in [4.78, 5) is 12.9. The third-order valence-electron chi connectivity index (χ3n) is 3.54. The number of hydrogen-bond donors (Lipinski definition) is 1. The van der Waals surface area contributed by atoms with Crippen LogP contribution < -0.4 is 10.2 Å². The van der Waals surface area contributed by atoms with E-state index in [1.165, 1.54) is 6.07 Å². The topological polar surface area (TPSA) is 58.4 Å². The van der Waals surface area contributed by atoms with Gasteiger partial charge < -0.3 is 10.2 Å². The smallest absolute Gasteiger partial charge is 0.294 e. The number of nitrogens with one attached hydrogen (secondary N) is 1. The molecule has 0 amide bonds. The van der Waals surface area contributed by atoms with Crippen LogP contribution in [0.4, 0.5) is 17.1 Å². The van der Waals surface area contributed by atoms with Gasteiger partial charge in [-0.15, -0.1) is 0 Å². The van der Waals surface area contributed by atoms with Gasteiger partial charge in [-0.05, 0) is 17.7 Å². The van der Waals surface area contributed by atoms with Crippen LogP contribution >= 0.6 is 11.6 Å². The maximum absolute atomic E-state index is 11.3. The van der Waals surface area contributed by atoms with Crippen molar-refractivity contribution in [2.45, 2.75) is 6.54 Å². The number of benzene rings is 2. The van der Waals surface area contributed by atoms with Gasteiger partial charge in [0.05, 0.1) is 9.95 Å². The molecule has 0 aliphatic carbocycles. The van der Waals surface area contributed by atoms with E-state index in [0.717, 1.165) is 24.3 Å². The molecule has 0 bridgehead atoms. The van der Waals surface area contributed by atoms with Crippen LogP contribution in [0.5, 0.6) is 0 Å². The molecule has 2 aromatic carbocycles. The number of para-hydroxylation sites is 2. The summed E-state index contributed by atoms with van der Waals surface area (Å²) in [6.45, 7) is 2.10. The van der Waals surface area contributed by atoms with Gasteiger partial charge in [-0.3, -0.25) is 10.1 Å². The van der Waals surface area contributed by atoms with E-state index in [0.29, 0.717) is 17.3 Å². The summed E-state index contributed by atoms with van der Waals surface area (Å²) in [5.74, 6) is 0. The largest absolute Gasteiger partial charge is 0.333 e. The van der Waals surface area contributed by atoms with E-state index in [4.69, 9.17) is 11.6 Å². The standard InChI is InChI=1S/C15H14ClN3O2/c16-12-5-3-7-14(19(20)21)15(12)18-9-8-17-10-11-4-1-2-6-13(11)18/h1-7,17H,8-10H2. The molecular weight excluding hydrogens is 290 g/mol. The van der Waals surface area contributed by atoms with Gasteiger partial charge in [0.25, 0.3) is 5.69 Å². The SMILES string of the molecule is O=[N+]([O-])c1cccc(Cl)c1N1CCNCc2ccccc21. The molecule has 0 saturated carbocycles. The average molecular weight is 304 g/mol. The summed E-state index contributed by atoms with van der Waals surface area (Å²) >= 11 is 6.26. The first-order chi connectivity index (χ1) is 10.2. The zero-order valence-electron chi connectivity index (χ0n) is 11.3. The molecule has 1 aliphatic rings. The molecule has 1 heterocycles. The van der Waals surface area contributed by atoms with Crippen molar-refractivity contribution in [3.05, 3.63) is 63.2 Å². The van der Waals surface area contributed by atoms with Crippen molar-refractivity contribution in [1.82, 2.24) is 5.32 Å². The molecule has 1 aliphatic heterocycles. The quantitative estimate of drug-likeness (QED) is 0.681. The van der Waals surface area contributed by atoms with Gasteiger partial charge in [-0.25, -0.2) is 0 Å². The lowest BCUT2D eigenvalue weighted by Crippen LogP contribution is -2.25. The van der Waals surface area contributed by atoms with Crippen molar-refractivity contribution in [1.29, 1.82) is 0 Å². The first-order valence-electron chi connectivity index (χ1n) is 6.67. The zero-order valence-corrected chi connectivity index (χ0v) is 12.0. The third-order valence-corrected chi connectivity index (χ3v) is 3.85. The molecule has 21 heavy (non-hydrogen) atoms. The van der Waals surface area contributed by atoms with Crippen LogP contribution in [0.3, 0.4) is 0 Å². The van der Waals surface area contributed by atoms with Crippen LogP contribution in [-0.4, -0.2) is 18.0 Å². The number of hydrogen-bond acceptors (Lipinski definition) is 4. The van der Waals surface area contributed by atoms with Crippen molar-refractivity contribution in [2.75, 3.05) is 18.0 Å². The van der Waals surface area contributed by atoms with Gasteiger partial charge in [0, 0.05) is 31.4 Å². The first kappa shape index (κ1) is 13.9. The summed E-state index contributed by atoms with van der Waals surface area (Å²) in [5, 5.41) is 15.0. The van der Waals surface area contributed by atoms with Gasteiger partial charge in [0.2, 0.25) is 0 Å². The Bertz CT molecular complexity index is 690. The maximum Gasteiger partial charge on any atom is 0.294 e. The highest BCUT2D eigenvalue weighted by Gasteiger charge is 2.26. The Morgan fingerprint density at radius 3 is 2.81 bits per heavy atom. The maximum atomic E-state index is 11.3. The zero-order chi connectivity index (χ0) is 14.8. The molecule has 0 spiro atoms. The van der Waals surface area contributed by atoms with E-state index in [1.807, 2.05) is 29.2 Å². The van der Waals surface area contributed by atoms with E-state index in [9.17, 15) is 10.1 Å². The van der Waals surface area contributed by atoms with Crippen molar-refractivity contribution in [3.63, 3.8) is 0 Å². The van der Waals surface area contributed by atoms with Crippen LogP contribution in [0.25, 0.3) is 0 Å². The molecule has 6 heteroatoms. The van der Waals surface area contributed by atoms with Crippen LogP contribution in [0.15, 0.2) is 42.5 Å². The molecule has 0 unspecified atom stereocenters. The Morgan fingerprint density at radius 2 is 2.00 bits per heavy atom. The van der Waals surface area contributed by atoms with Crippen LogP contribution in [0.2, 0.25) is 5.02 Å². The lowest BCUT2D eigenvalue weighted by molar-refractivity contribution is -0.384. The highest BCUT2D eigenvalue weighted by atomic mass is 35.5. The Kier molecular flexibility index (Phi) is 3.77. The predicted molar refractivity (Wildman–Crippen MR) is 83.3 cm³/mol. The summed E-state index contributed by atoms with van der Waals surface area (Å²) in [7, 11) is 0. The highest BCUT2D eigenvalue weighted by molar-refractivity contribution is 6.34. The number of nitrogens with zero attached hydrogens (tertiary/aromatic N) is 2. The minimum absolute atomic E-state index is 0.0270. The summed E-state index contributed by atoms with van der Waals surface area (Å²) in [6.07, 6.45) is 0. The second-order valence-electron chi connectivity index (χ2n) is 4.82. The van der Waals surface area contributed by atoms with E-state index < -0.39 is 0 Å². The second kappa shape index (κ2) is 5.71. The minimum atomic E-state index is -0.387. The van der Waals surface area contributed by atoms with E-state index >= 15 is 0 Å². The summed E-state index contributed by atoms with van der Waals surface area (Å²) in [5.41, 5.74) is 2.54. The van der Waals surface area contributed by atoms with E-state index in [1.54, 1.807) is 12.1 Å². The van der Waals surface area contributed by atoms with E-state index in [-0.39, 0.29) is 10.6 Å². The summed E-state index contributed by atoms with van der Waals surface area (Å²) < 4.78 is 0. The van der Waals surface area contributed by atoms with E-state index in [2.05, 4.69) is 5.32 Å². The van der Waals surface area contributed by atoms with Crippen molar-refractivity contribution >= 4 is 28.7 Å². The summed E-state index contributed by atoms with van der Waals surface area (Å²) in [6, 6.07) is 12.7. The van der Waals surface area contributed by atoms with Crippen molar-refractivity contribution in [3.8, 4) is 0 Å². The molecule has 0 atom stereocenters. The third kappa shape index (κ3) is 2.57.